The number of pyridine rings is 1. The van der Waals surface area contributed by atoms with E-state index in [0.29, 0.717) is 46.2 Å². The van der Waals surface area contributed by atoms with Gasteiger partial charge in [0.25, 0.3) is 0 Å². The molecule has 10 nitrogen and oxygen atoms in total. The molecule has 0 radical (unpaired) electrons. The Labute approximate surface area is 224 Å². The maximum absolute atomic E-state index is 11.6. The second-order valence-corrected chi connectivity index (χ2v) is 12.3. The van der Waals surface area contributed by atoms with Crippen molar-refractivity contribution in [2.24, 2.45) is 5.41 Å². The minimum atomic E-state index is -3.13. The Balaban J connectivity index is 1.26. The molecule has 3 aromatic rings. The van der Waals surface area contributed by atoms with Crippen LogP contribution < -0.4 is 15.4 Å². The maximum Gasteiger partial charge on any atom is 0.211 e. The fourth-order valence-corrected chi connectivity index (χ4v) is 6.39. The molecule has 5 rings (SSSR count). The smallest absolute Gasteiger partial charge is 0.211 e. The minimum Gasteiger partial charge on any atom is -0.486 e. The molecule has 0 amide bonds. The summed E-state index contributed by atoms with van der Waals surface area (Å²) < 4.78 is 30.8. The Morgan fingerprint density at radius 2 is 1.89 bits per heavy atom. The first kappa shape index (κ1) is 25.7. The summed E-state index contributed by atoms with van der Waals surface area (Å²) in [6, 6.07) is 8.78. The second-order valence-electron chi connectivity index (χ2n) is 9.57. The second kappa shape index (κ2) is 9.39. The molecule has 0 aliphatic carbocycles. The first-order chi connectivity index (χ1) is 17.5. The number of halogens is 2. The highest BCUT2D eigenvalue weighted by Crippen LogP contribution is 2.42. The minimum absolute atomic E-state index is 0.0168. The number of ether oxygens (including phenoxy) is 1. The average molecular weight is 562 g/mol. The zero-order chi connectivity index (χ0) is 26.5. The van der Waals surface area contributed by atoms with Crippen LogP contribution in [0.25, 0.3) is 0 Å². The number of nitrogens with zero attached hydrogens (tertiary/aromatic N) is 5. The summed E-state index contributed by atoms with van der Waals surface area (Å²) in [5.74, 6) is 1.28. The van der Waals surface area contributed by atoms with E-state index in [1.165, 1.54) is 16.8 Å². The summed E-state index contributed by atoms with van der Waals surface area (Å²) in [5.41, 5.74) is 8.47. The molecule has 37 heavy (non-hydrogen) atoms. The molecule has 194 valence electrons. The van der Waals surface area contributed by atoms with Gasteiger partial charge in [0, 0.05) is 54.6 Å². The van der Waals surface area contributed by atoms with Crippen molar-refractivity contribution in [3.05, 3.63) is 69.6 Å². The monoisotopic (exact) mass is 561 g/mol. The predicted molar refractivity (Wildman–Crippen MR) is 143 cm³/mol. The number of hydrogen-bond donors (Lipinski definition) is 2. The molecule has 1 spiro atoms. The molecule has 2 aliphatic rings. The fraction of sp³-hybridized carbons (Fsp3) is 0.333. The van der Waals surface area contributed by atoms with Gasteiger partial charge in [0.05, 0.1) is 28.8 Å². The van der Waals surface area contributed by atoms with Gasteiger partial charge in [0.1, 0.15) is 17.7 Å². The Bertz CT molecular complexity index is 1450. The molecule has 2 aromatic heterocycles. The van der Waals surface area contributed by atoms with Gasteiger partial charge in [-0.1, -0.05) is 23.2 Å². The molecule has 0 unspecified atom stereocenters. The van der Waals surface area contributed by atoms with Crippen molar-refractivity contribution >= 4 is 50.4 Å². The van der Waals surface area contributed by atoms with Gasteiger partial charge < -0.3 is 15.4 Å². The number of rotatable bonds is 7. The van der Waals surface area contributed by atoms with Gasteiger partial charge in [-0.25, -0.2) is 17.7 Å². The van der Waals surface area contributed by atoms with E-state index in [4.69, 9.17) is 39.1 Å². The molecule has 2 fully saturated rings. The van der Waals surface area contributed by atoms with Crippen LogP contribution in [-0.2, 0) is 10.0 Å². The van der Waals surface area contributed by atoms with Crippen LogP contribution in [0.1, 0.15) is 29.7 Å². The predicted octanol–water partition coefficient (Wildman–Crippen LogP) is 3.40. The normalized spacial score (nSPS) is 17.7. The summed E-state index contributed by atoms with van der Waals surface area (Å²) in [6.07, 6.45) is 3.77. The van der Waals surface area contributed by atoms with E-state index in [1.807, 2.05) is 12.1 Å². The van der Waals surface area contributed by atoms with Gasteiger partial charge in [-0.3, -0.25) is 5.41 Å². The fourth-order valence-electron chi connectivity index (χ4n) is 4.74. The van der Waals surface area contributed by atoms with Crippen molar-refractivity contribution in [3.8, 4) is 5.75 Å². The third-order valence-electron chi connectivity index (χ3n) is 6.72. The number of nitrogens with two attached hydrogens (primary N) is 1. The van der Waals surface area contributed by atoms with Crippen molar-refractivity contribution < 1.29 is 13.2 Å². The lowest BCUT2D eigenvalue weighted by Crippen LogP contribution is -2.73. The van der Waals surface area contributed by atoms with Crippen LogP contribution in [0.5, 0.6) is 5.75 Å². The van der Waals surface area contributed by atoms with Crippen molar-refractivity contribution in [3.63, 3.8) is 0 Å². The van der Waals surface area contributed by atoms with Crippen LogP contribution in [0.4, 0.5) is 11.5 Å². The van der Waals surface area contributed by atoms with Crippen molar-refractivity contribution in [2.75, 3.05) is 43.1 Å². The lowest BCUT2D eigenvalue weighted by molar-refractivity contribution is 0.0395. The Morgan fingerprint density at radius 1 is 1.16 bits per heavy atom. The standard InChI is InChI=1S/C24H25Cl2N7O3S/c1-14(21-18(25)9-30-31-23(21)26)36-16-4-5-19(27)17(7-16)22(28)15-3-6-20(29-8-15)32-10-24(11-32)12-33(13-24)37(2,34)35/h3-9,14,28H,10-13,27H2,1-2H3/t14-/m0/s1. The molecule has 1 aromatic carbocycles. The van der Waals surface area contributed by atoms with Gasteiger partial charge in [-0.2, -0.15) is 5.10 Å². The van der Waals surface area contributed by atoms with Crippen LogP contribution in [0, 0.1) is 10.8 Å². The molecule has 3 N–H and O–H groups in total. The quantitative estimate of drug-likeness (QED) is 0.330. The van der Waals surface area contributed by atoms with Crippen LogP contribution in [-0.4, -0.2) is 66.1 Å². The molecule has 0 saturated carbocycles. The molecular weight excluding hydrogens is 537 g/mol. The highest BCUT2D eigenvalue weighted by Gasteiger charge is 2.54. The first-order valence-electron chi connectivity index (χ1n) is 11.4. The highest BCUT2D eigenvalue weighted by molar-refractivity contribution is 7.88. The zero-order valence-electron chi connectivity index (χ0n) is 20.1. The number of anilines is 2. The number of nitrogen functional groups attached to an aromatic ring is 1. The van der Waals surface area contributed by atoms with E-state index in [1.54, 1.807) is 31.3 Å². The van der Waals surface area contributed by atoms with E-state index in [0.717, 1.165) is 18.9 Å². The number of nitrogens with one attached hydrogen (secondary N) is 1. The van der Waals surface area contributed by atoms with Gasteiger partial charge in [0.15, 0.2) is 5.15 Å². The summed E-state index contributed by atoms with van der Waals surface area (Å²) in [4.78, 5) is 6.65. The van der Waals surface area contributed by atoms with Crippen LogP contribution in [0.2, 0.25) is 10.2 Å². The van der Waals surface area contributed by atoms with E-state index >= 15 is 0 Å². The molecule has 4 heterocycles. The van der Waals surface area contributed by atoms with Gasteiger partial charge in [0.2, 0.25) is 10.0 Å². The largest absolute Gasteiger partial charge is 0.486 e. The molecular formula is C24H25Cl2N7O3S. The zero-order valence-corrected chi connectivity index (χ0v) is 22.5. The van der Waals surface area contributed by atoms with Crippen molar-refractivity contribution in [1.82, 2.24) is 19.5 Å². The Morgan fingerprint density at radius 3 is 2.51 bits per heavy atom. The topological polar surface area (TPSA) is 138 Å². The van der Waals surface area contributed by atoms with Crippen LogP contribution >= 0.6 is 23.2 Å². The summed E-state index contributed by atoms with van der Waals surface area (Å²) in [6.45, 7) is 4.42. The number of benzene rings is 1. The highest BCUT2D eigenvalue weighted by atomic mass is 35.5. The van der Waals surface area contributed by atoms with E-state index < -0.39 is 16.1 Å². The first-order valence-corrected chi connectivity index (χ1v) is 14.0. The molecule has 1 atom stereocenters. The molecule has 13 heteroatoms. The van der Waals surface area contributed by atoms with Gasteiger partial charge >= 0.3 is 0 Å². The van der Waals surface area contributed by atoms with E-state index in [2.05, 4.69) is 20.1 Å². The third-order valence-corrected chi connectivity index (χ3v) is 8.49. The molecule has 2 saturated heterocycles. The van der Waals surface area contributed by atoms with Gasteiger partial charge in [-0.15, -0.1) is 5.10 Å². The summed E-state index contributed by atoms with van der Waals surface area (Å²) in [7, 11) is -3.13. The molecule has 0 bridgehead atoms. The number of aromatic nitrogens is 3. The van der Waals surface area contributed by atoms with Crippen molar-refractivity contribution in [1.29, 1.82) is 5.41 Å². The van der Waals surface area contributed by atoms with Gasteiger partial charge in [-0.05, 0) is 37.3 Å². The van der Waals surface area contributed by atoms with Crippen molar-refractivity contribution in [2.45, 2.75) is 13.0 Å². The summed E-state index contributed by atoms with van der Waals surface area (Å²) >= 11 is 12.4. The van der Waals surface area contributed by atoms with Crippen LogP contribution in [0.3, 0.4) is 0 Å². The van der Waals surface area contributed by atoms with Crippen LogP contribution in [0.15, 0.2) is 42.7 Å². The van der Waals surface area contributed by atoms with E-state index in [9.17, 15) is 8.42 Å². The maximum atomic E-state index is 11.6. The number of hydrogen-bond acceptors (Lipinski definition) is 9. The Hall–Kier alpha value is -2.99. The average Bonchev–Trinajstić information content (AvgIpc) is 2.77. The lowest BCUT2D eigenvalue weighted by atomic mass is 9.74. The Kier molecular flexibility index (Phi) is 6.51. The molecule has 2 aliphatic heterocycles. The number of sulfonamides is 1. The van der Waals surface area contributed by atoms with E-state index in [-0.39, 0.29) is 16.3 Å². The summed E-state index contributed by atoms with van der Waals surface area (Å²) in [5, 5.41) is 16.8. The lowest BCUT2D eigenvalue weighted by Gasteiger charge is -2.59. The SMILES string of the molecule is C[C@H](Oc1ccc(N)c(C(=N)c2ccc(N3CC4(C3)CN(S(C)(=O)=O)C4)nc2)c1)c1c(Cl)cnnc1Cl. The third kappa shape index (κ3) is 4.96.